The minimum absolute atomic E-state index is 0.0195. The third-order valence-corrected chi connectivity index (χ3v) is 4.57. The summed E-state index contributed by atoms with van der Waals surface area (Å²) in [5.41, 5.74) is 2.83. The summed E-state index contributed by atoms with van der Waals surface area (Å²) in [6.45, 7) is 3.13. The number of rotatable bonds is 7. The summed E-state index contributed by atoms with van der Waals surface area (Å²) in [6.07, 6.45) is -0.279. The Morgan fingerprint density at radius 2 is 1.84 bits per heavy atom. The zero-order chi connectivity index (χ0) is 23.8. The van der Waals surface area contributed by atoms with E-state index >= 15 is 0 Å². The highest BCUT2D eigenvalue weighted by Crippen LogP contribution is 2.29. The Hall–Kier alpha value is -3.99. The fourth-order valence-electron chi connectivity index (χ4n) is 2.48. The molecule has 3 N–H and O–H groups in total. The van der Waals surface area contributed by atoms with Crippen LogP contribution in [0.2, 0.25) is 5.02 Å². The Balaban J connectivity index is 1.95. The first kappa shape index (κ1) is 24.3. The molecule has 12 heteroatoms. The number of anilines is 2. The highest BCUT2D eigenvalue weighted by molar-refractivity contribution is 6.40. The van der Waals surface area contributed by atoms with Crippen molar-refractivity contribution in [1.29, 1.82) is 0 Å². The molecule has 0 aliphatic rings. The standard InChI is InChI=1S/C20H20ClN5O6/c1-11(9-18(27)22-16-8-7-13(32-3)10-17(16)26(30)31)24-25-20(29)19(28)23-15-6-4-5-14(21)12(15)2/h4-8,10H,9H2,1-3H3,(H,22,27)(H,23,28)(H,25,29)/b24-11-. The summed E-state index contributed by atoms with van der Waals surface area (Å²) in [4.78, 5) is 46.7. The number of nitro benzene ring substituents is 1. The van der Waals surface area contributed by atoms with Crippen LogP contribution < -0.4 is 20.8 Å². The predicted molar refractivity (Wildman–Crippen MR) is 119 cm³/mol. The van der Waals surface area contributed by atoms with Gasteiger partial charge in [0.15, 0.2) is 0 Å². The lowest BCUT2D eigenvalue weighted by atomic mass is 10.2. The van der Waals surface area contributed by atoms with Crippen LogP contribution in [0.15, 0.2) is 41.5 Å². The van der Waals surface area contributed by atoms with Gasteiger partial charge in [-0.1, -0.05) is 17.7 Å². The van der Waals surface area contributed by atoms with Crippen molar-refractivity contribution in [2.45, 2.75) is 20.3 Å². The van der Waals surface area contributed by atoms with E-state index < -0.39 is 22.6 Å². The summed E-state index contributed by atoms with van der Waals surface area (Å²) in [7, 11) is 1.36. The number of hydrazone groups is 1. The molecule has 0 aliphatic heterocycles. The maximum atomic E-state index is 12.2. The van der Waals surface area contributed by atoms with Gasteiger partial charge in [-0.3, -0.25) is 24.5 Å². The minimum Gasteiger partial charge on any atom is -0.496 e. The molecule has 0 aromatic heterocycles. The number of nitro groups is 1. The maximum Gasteiger partial charge on any atom is 0.329 e. The van der Waals surface area contributed by atoms with Gasteiger partial charge in [0.2, 0.25) is 5.91 Å². The molecule has 2 aromatic carbocycles. The van der Waals surface area contributed by atoms with Gasteiger partial charge < -0.3 is 15.4 Å². The number of nitrogens with zero attached hydrogens (tertiary/aromatic N) is 2. The van der Waals surface area contributed by atoms with Gasteiger partial charge in [0, 0.05) is 16.4 Å². The van der Waals surface area contributed by atoms with Gasteiger partial charge in [0.1, 0.15) is 11.4 Å². The van der Waals surface area contributed by atoms with Crippen molar-refractivity contribution in [1.82, 2.24) is 5.43 Å². The Morgan fingerprint density at radius 3 is 2.50 bits per heavy atom. The average Bonchev–Trinajstić information content (AvgIpc) is 2.75. The molecule has 0 spiro atoms. The first-order chi connectivity index (χ1) is 15.1. The Kier molecular flexibility index (Phi) is 8.24. The summed E-state index contributed by atoms with van der Waals surface area (Å²) < 4.78 is 4.94. The zero-order valence-electron chi connectivity index (χ0n) is 17.4. The second kappa shape index (κ2) is 10.9. The molecular weight excluding hydrogens is 442 g/mol. The Labute approximate surface area is 187 Å². The van der Waals surface area contributed by atoms with Crippen molar-refractivity contribution in [3.05, 3.63) is 57.1 Å². The van der Waals surface area contributed by atoms with E-state index in [9.17, 15) is 24.5 Å². The number of benzene rings is 2. The quantitative estimate of drug-likeness (QED) is 0.249. The predicted octanol–water partition coefficient (Wildman–Crippen LogP) is 3.02. The van der Waals surface area contributed by atoms with Gasteiger partial charge in [-0.15, -0.1) is 0 Å². The fraction of sp³-hybridized carbons (Fsp3) is 0.200. The van der Waals surface area contributed by atoms with Crippen molar-refractivity contribution in [3.8, 4) is 5.75 Å². The van der Waals surface area contributed by atoms with Crippen molar-refractivity contribution in [2.24, 2.45) is 5.10 Å². The molecule has 0 fully saturated rings. The van der Waals surface area contributed by atoms with Gasteiger partial charge in [-0.2, -0.15) is 5.10 Å². The number of methoxy groups -OCH3 is 1. The molecule has 0 atom stereocenters. The van der Waals surface area contributed by atoms with E-state index in [0.29, 0.717) is 16.3 Å². The number of carbonyl (C=O) groups excluding carboxylic acids is 3. The molecular formula is C20H20ClN5O6. The number of hydrogen-bond donors (Lipinski definition) is 3. The maximum absolute atomic E-state index is 12.2. The molecule has 0 aliphatic carbocycles. The molecule has 0 heterocycles. The first-order valence-corrected chi connectivity index (χ1v) is 9.52. The van der Waals surface area contributed by atoms with Crippen molar-refractivity contribution < 1.29 is 24.0 Å². The molecule has 168 valence electrons. The molecule has 3 amide bonds. The Bertz CT molecular complexity index is 1100. The second-order valence-corrected chi connectivity index (χ2v) is 6.93. The normalized spacial score (nSPS) is 10.8. The van der Waals surface area contributed by atoms with E-state index in [4.69, 9.17) is 16.3 Å². The van der Waals surface area contributed by atoms with Gasteiger partial charge in [0.05, 0.1) is 24.5 Å². The fourth-order valence-corrected chi connectivity index (χ4v) is 2.65. The minimum atomic E-state index is -1.05. The molecule has 0 radical (unpaired) electrons. The SMILES string of the molecule is COc1ccc(NC(=O)C/C(C)=N\NC(=O)C(=O)Nc2cccc(Cl)c2C)c([N+](=O)[O-])c1. The average molecular weight is 462 g/mol. The largest absolute Gasteiger partial charge is 0.496 e. The van der Waals surface area contributed by atoms with Crippen molar-refractivity contribution in [2.75, 3.05) is 17.7 Å². The smallest absolute Gasteiger partial charge is 0.329 e. The van der Waals surface area contributed by atoms with Crippen LogP contribution in [0, 0.1) is 17.0 Å². The van der Waals surface area contributed by atoms with E-state index in [0.717, 1.165) is 0 Å². The number of amides is 3. The molecule has 0 bridgehead atoms. The second-order valence-electron chi connectivity index (χ2n) is 6.52. The summed E-state index contributed by atoms with van der Waals surface area (Å²) in [5, 5.41) is 20.2. The van der Waals surface area contributed by atoms with Gasteiger partial charge >= 0.3 is 11.8 Å². The number of nitrogens with one attached hydrogen (secondary N) is 3. The third-order valence-electron chi connectivity index (χ3n) is 4.16. The molecule has 2 rings (SSSR count). The zero-order valence-corrected chi connectivity index (χ0v) is 18.1. The molecule has 0 saturated heterocycles. The number of carbonyl (C=O) groups is 3. The van der Waals surface area contributed by atoms with Crippen LogP contribution in [0.1, 0.15) is 18.9 Å². The lowest BCUT2D eigenvalue weighted by molar-refractivity contribution is -0.384. The summed E-state index contributed by atoms with van der Waals surface area (Å²) in [6, 6.07) is 8.83. The molecule has 11 nitrogen and oxygen atoms in total. The molecule has 0 saturated carbocycles. The van der Waals surface area contributed by atoms with E-state index in [1.54, 1.807) is 25.1 Å². The monoisotopic (exact) mass is 461 g/mol. The van der Waals surface area contributed by atoms with E-state index in [-0.39, 0.29) is 29.3 Å². The molecule has 2 aromatic rings. The van der Waals surface area contributed by atoms with Crippen LogP contribution in [-0.4, -0.2) is 35.5 Å². The van der Waals surface area contributed by atoms with Crippen LogP contribution in [0.4, 0.5) is 17.1 Å². The van der Waals surface area contributed by atoms with E-state index in [1.807, 2.05) is 5.43 Å². The molecule has 0 unspecified atom stereocenters. The first-order valence-electron chi connectivity index (χ1n) is 9.14. The van der Waals surface area contributed by atoms with E-state index in [1.165, 1.54) is 32.2 Å². The highest BCUT2D eigenvalue weighted by Gasteiger charge is 2.18. The lowest BCUT2D eigenvalue weighted by Crippen LogP contribution is -2.33. The topological polar surface area (TPSA) is 152 Å². The highest BCUT2D eigenvalue weighted by atomic mass is 35.5. The van der Waals surface area contributed by atoms with Crippen LogP contribution in [0.3, 0.4) is 0 Å². The summed E-state index contributed by atoms with van der Waals surface area (Å²) in [5.74, 6) is -2.35. The lowest BCUT2D eigenvalue weighted by Gasteiger charge is -2.09. The van der Waals surface area contributed by atoms with Gasteiger partial charge in [-0.05, 0) is 43.7 Å². The van der Waals surface area contributed by atoms with Crippen LogP contribution >= 0.6 is 11.6 Å². The van der Waals surface area contributed by atoms with Crippen LogP contribution in [-0.2, 0) is 14.4 Å². The van der Waals surface area contributed by atoms with Crippen LogP contribution in [0.25, 0.3) is 0 Å². The Morgan fingerprint density at radius 1 is 1.12 bits per heavy atom. The number of hydrogen-bond acceptors (Lipinski definition) is 7. The van der Waals surface area contributed by atoms with Crippen LogP contribution in [0.5, 0.6) is 5.75 Å². The number of ether oxygens (including phenoxy) is 1. The number of halogens is 1. The molecule has 32 heavy (non-hydrogen) atoms. The van der Waals surface area contributed by atoms with Gasteiger partial charge in [0.25, 0.3) is 5.69 Å². The van der Waals surface area contributed by atoms with Gasteiger partial charge in [-0.25, -0.2) is 5.43 Å². The van der Waals surface area contributed by atoms with E-state index in [2.05, 4.69) is 15.7 Å². The van der Waals surface area contributed by atoms with Crippen molar-refractivity contribution >= 4 is 52.1 Å². The third kappa shape index (κ3) is 6.51. The summed E-state index contributed by atoms with van der Waals surface area (Å²) >= 11 is 5.97. The van der Waals surface area contributed by atoms with Crippen molar-refractivity contribution in [3.63, 3.8) is 0 Å².